The molecule has 0 saturated carbocycles. The molecule has 0 radical (unpaired) electrons. The zero-order valence-electron chi connectivity index (χ0n) is 4.46. The normalized spacial score (nSPS) is 23.7. The Morgan fingerprint density at radius 3 is 2.44 bits per heavy atom. The van der Waals surface area contributed by atoms with Gasteiger partial charge in [-0.3, -0.25) is 0 Å². The molecule has 0 spiro atoms. The zero-order chi connectivity index (χ0) is 5.98. The van der Waals surface area contributed by atoms with Gasteiger partial charge in [0.1, 0.15) is 0 Å². The number of hydrogen-bond donors (Lipinski definition) is 2. The minimum atomic E-state index is -0.181. The van der Waals surface area contributed by atoms with E-state index in [9.17, 15) is 0 Å². The van der Waals surface area contributed by atoms with E-state index in [1.54, 1.807) is 12.2 Å². The number of nitrogens with one attached hydrogen (secondary N) is 1. The molecule has 3 N–H and O–H groups in total. The van der Waals surface area contributed by atoms with E-state index < -0.39 is 0 Å². The van der Waals surface area contributed by atoms with Crippen LogP contribution >= 0.6 is 0 Å². The molecular weight excluding hydrogens is 127 g/mol. The molecule has 0 amide bonds. The summed E-state index contributed by atoms with van der Waals surface area (Å²) >= 11 is 0. The second-order valence-electron chi connectivity index (χ2n) is 1.73. The Bertz CT molecular complexity index is 160. The lowest BCUT2D eigenvalue weighted by atomic mass is 10.1. The van der Waals surface area contributed by atoms with Crippen molar-refractivity contribution < 1.29 is 0 Å². The van der Waals surface area contributed by atoms with Gasteiger partial charge in [0, 0.05) is 0 Å². The van der Waals surface area contributed by atoms with Crippen LogP contribution in [0.25, 0.3) is 0 Å². The lowest BCUT2D eigenvalue weighted by Gasteiger charge is -2.05. The van der Waals surface area contributed by atoms with E-state index in [1.807, 2.05) is 12.2 Å². The first-order chi connectivity index (χ1) is 3.80. The molecule has 0 fully saturated rings. The summed E-state index contributed by atoms with van der Waals surface area (Å²) in [6.07, 6.45) is 7.15. The van der Waals surface area contributed by atoms with Crippen molar-refractivity contribution in [3.8, 4) is 0 Å². The van der Waals surface area contributed by atoms with Crippen molar-refractivity contribution in [1.29, 1.82) is 5.41 Å². The summed E-state index contributed by atoms with van der Waals surface area (Å²) in [6.45, 7) is 0. The summed E-state index contributed by atoms with van der Waals surface area (Å²) in [5.41, 5.74) is 5.89. The van der Waals surface area contributed by atoms with Crippen LogP contribution in [0.4, 0.5) is 0 Å². The van der Waals surface area contributed by atoms with Gasteiger partial charge in [0.15, 0.2) is 17.4 Å². The van der Waals surface area contributed by atoms with E-state index in [4.69, 9.17) is 11.1 Å². The fraction of sp³-hybridized carbons (Fsp3) is 0.167. The van der Waals surface area contributed by atoms with Crippen molar-refractivity contribution in [2.24, 2.45) is 5.73 Å². The molecular formula is C6H11AlN2. The molecule has 1 rings (SSSR count). The van der Waals surface area contributed by atoms with Gasteiger partial charge >= 0.3 is 0 Å². The van der Waals surface area contributed by atoms with Gasteiger partial charge in [-0.15, -0.1) is 0 Å². The minimum absolute atomic E-state index is 0. The molecule has 0 heterocycles. The minimum Gasteiger partial charge on any atom is -0.319 e. The van der Waals surface area contributed by atoms with E-state index in [0.29, 0.717) is 5.71 Å². The van der Waals surface area contributed by atoms with Gasteiger partial charge in [-0.05, 0) is 6.08 Å². The molecule has 9 heavy (non-hydrogen) atoms. The summed E-state index contributed by atoms with van der Waals surface area (Å²) in [7, 11) is 0. The third kappa shape index (κ3) is 2.15. The molecule has 0 aliphatic heterocycles. The van der Waals surface area contributed by atoms with Crippen LogP contribution < -0.4 is 5.73 Å². The molecule has 48 valence electrons. The van der Waals surface area contributed by atoms with E-state index in [-0.39, 0.29) is 23.4 Å². The van der Waals surface area contributed by atoms with Crippen LogP contribution in [0, 0.1) is 5.41 Å². The maximum atomic E-state index is 7.13. The summed E-state index contributed by atoms with van der Waals surface area (Å²) < 4.78 is 0. The smallest absolute Gasteiger partial charge is 0.187 e. The number of rotatable bonds is 0. The highest BCUT2D eigenvalue weighted by Gasteiger charge is 2.02. The zero-order valence-corrected chi connectivity index (χ0v) is 4.46. The SMILES string of the molecule is N=C1C=CC=CC1N.[AlH3]. The van der Waals surface area contributed by atoms with Crippen molar-refractivity contribution in [2.45, 2.75) is 6.04 Å². The van der Waals surface area contributed by atoms with Crippen LogP contribution in [-0.2, 0) is 0 Å². The monoisotopic (exact) mass is 138 g/mol. The Morgan fingerprint density at radius 2 is 2.11 bits per heavy atom. The average Bonchev–Trinajstić information content (AvgIpc) is 1.77. The van der Waals surface area contributed by atoms with Gasteiger partial charge in [-0.1, -0.05) is 18.2 Å². The molecule has 1 aliphatic rings. The molecule has 0 aromatic rings. The Hall–Kier alpha value is -0.358. The number of allylic oxidation sites excluding steroid dienone is 2. The van der Waals surface area contributed by atoms with Gasteiger partial charge in [0.25, 0.3) is 0 Å². The Kier molecular flexibility index (Phi) is 3.48. The maximum absolute atomic E-state index is 7.13. The highest BCUT2D eigenvalue weighted by atomic mass is 27.0. The molecule has 0 aromatic heterocycles. The van der Waals surface area contributed by atoms with E-state index >= 15 is 0 Å². The largest absolute Gasteiger partial charge is 0.319 e. The predicted molar refractivity (Wildman–Crippen MR) is 43.9 cm³/mol. The molecule has 1 unspecified atom stereocenters. The van der Waals surface area contributed by atoms with E-state index in [0.717, 1.165) is 0 Å². The van der Waals surface area contributed by atoms with Crippen molar-refractivity contribution in [2.75, 3.05) is 0 Å². The fourth-order valence-electron chi connectivity index (χ4n) is 0.558. The molecule has 0 saturated heterocycles. The third-order valence-electron chi connectivity index (χ3n) is 1.06. The maximum Gasteiger partial charge on any atom is 0.187 e. The van der Waals surface area contributed by atoms with Gasteiger partial charge in [0.2, 0.25) is 0 Å². The Balaban J connectivity index is 0.000000640. The van der Waals surface area contributed by atoms with Crippen LogP contribution in [0.15, 0.2) is 24.3 Å². The quantitative estimate of drug-likeness (QED) is 0.426. The summed E-state index contributed by atoms with van der Waals surface area (Å²) in [6, 6.07) is -0.181. The third-order valence-corrected chi connectivity index (χ3v) is 1.06. The standard InChI is InChI=1S/C6H8N2.Al.3H/c7-5-3-1-2-4-6(5)8;;;;/h1-5,8H,7H2;;;;. The topological polar surface area (TPSA) is 49.9 Å². The summed E-state index contributed by atoms with van der Waals surface area (Å²) in [5, 5.41) is 7.13. The van der Waals surface area contributed by atoms with E-state index in [1.165, 1.54) is 0 Å². The van der Waals surface area contributed by atoms with Gasteiger partial charge in [-0.2, -0.15) is 0 Å². The molecule has 0 bridgehead atoms. The lowest BCUT2D eigenvalue weighted by Crippen LogP contribution is -2.26. The predicted octanol–water partition coefficient (Wildman–Crippen LogP) is -0.724. The highest BCUT2D eigenvalue weighted by Crippen LogP contribution is 1.94. The first-order valence-electron chi connectivity index (χ1n) is 2.49. The van der Waals surface area contributed by atoms with Crippen LogP contribution in [0.5, 0.6) is 0 Å². The van der Waals surface area contributed by atoms with Crippen LogP contribution in [0.1, 0.15) is 0 Å². The van der Waals surface area contributed by atoms with Crippen LogP contribution in [0.3, 0.4) is 0 Å². The van der Waals surface area contributed by atoms with Gasteiger partial charge in [-0.25, -0.2) is 0 Å². The molecule has 3 heteroatoms. The molecule has 1 aliphatic carbocycles. The molecule has 0 aromatic carbocycles. The van der Waals surface area contributed by atoms with Crippen molar-refractivity contribution in [3.63, 3.8) is 0 Å². The number of nitrogens with two attached hydrogens (primary N) is 1. The van der Waals surface area contributed by atoms with Gasteiger partial charge < -0.3 is 11.1 Å². The average molecular weight is 138 g/mol. The summed E-state index contributed by atoms with van der Waals surface area (Å²) in [4.78, 5) is 0. The molecule has 1 atom stereocenters. The van der Waals surface area contributed by atoms with Crippen LogP contribution in [0.2, 0.25) is 0 Å². The van der Waals surface area contributed by atoms with E-state index in [2.05, 4.69) is 0 Å². The number of hydrogen-bond acceptors (Lipinski definition) is 2. The summed E-state index contributed by atoms with van der Waals surface area (Å²) in [5.74, 6) is 0. The molecule has 2 nitrogen and oxygen atoms in total. The second kappa shape index (κ2) is 3.63. The van der Waals surface area contributed by atoms with Crippen LogP contribution in [-0.4, -0.2) is 29.1 Å². The second-order valence-corrected chi connectivity index (χ2v) is 1.73. The van der Waals surface area contributed by atoms with Gasteiger partial charge in [0.05, 0.1) is 11.8 Å². The first-order valence-corrected chi connectivity index (χ1v) is 2.49. The lowest BCUT2D eigenvalue weighted by molar-refractivity contribution is 1.07. The fourth-order valence-corrected chi connectivity index (χ4v) is 0.558. The first kappa shape index (κ1) is 8.64. The van der Waals surface area contributed by atoms with Crippen molar-refractivity contribution in [3.05, 3.63) is 24.3 Å². The Labute approximate surface area is 65.1 Å². The van der Waals surface area contributed by atoms with Crippen molar-refractivity contribution in [1.82, 2.24) is 0 Å². The highest BCUT2D eigenvalue weighted by molar-refractivity contribution is 5.99. The van der Waals surface area contributed by atoms with Crippen molar-refractivity contribution >= 4 is 23.1 Å². The Morgan fingerprint density at radius 1 is 1.44 bits per heavy atom.